The van der Waals surface area contributed by atoms with E-state index >= 15 is 0 Å². The number of hydrogen-bond donors (Lipinski definition) is 1. The fraction of sp³-hybridized carbons (Fsp3) is 0.400. The third-order valence-corrected chi connectivity index (χ3v) is 5.92. The first-order valence-electron chi connectivity index (χ1n) is 10.2. The number of aryl methyl sites for hydroxylation is 2. The van der Waals surface area contributed by atoms with E-state index in [-0.39, 0.29) is 11.7 Å². The van der Waals surface area contributed by atoms with Crippen molar-refractivity contribution < 1.29 is 0 Å². The van der Waals surface area contributed by atoms with Crippen LogP contribution >= 0.6 is 0 Å². The molecule has 1 N–H and O–H groups in total. The standard InChI is InChI=1S/C20H22N10O/c1-13-9-17-23-12-24-29(17)11-15(13)25-19-22-10-16-18(26-19)30(20(31)27(16)2)14-3-6-28(7-4-14)8-5-21/h9-12,14H,3-4,6-8H2,1-2H3,(H,22,25,26). The Morgan fingerprint density at radius 3 is 2.87 bits per heavy atom. The van der Waals surface area contributed by atoms with Gasteiger partial charge in [-0.15, -0.1) is 0 Å². The zero-order valence-corrected chi connectivity index (χ0v) is 17.4. The van der Waals surface area contributed by atoms with Crippen LogP contribution in [0, 0.1) is 18.3 Å². The first-order valence-corrected chi connectivity index (χ1v) is 10.2. The summed E-state index contributed by atoms with van der Waals surface area (Å²) in [4.78, 5) is 28.4. The highest BCUT2D eigenvalue weighted by atomic mass is 16.1. The maximum Gasteiger partial charge on any atom is 0.330 e. The smallest absolute Gasteiger partial charge is 0.323 e. The molecule has 158 valence electrons. The molecule has 11 heteroatoms. The average molecular weight is 418 g/mol. The van der Waals surface area contributed by atoms with Crippen LogP contribution < -0.4 is 11.0 Å². The van der Waals surface area contributed by atoms with Gasteiger partial charge in [0.1, 0.15) is 11.8 Å². The molecule has 0 atom stereocenters. The highest BCUT2D eigenvalue weighted by Gasteiger charge is 2.25. The van der Waals surface area contributed by atoms with Crippen molar-refractivity contribution >= 4 is 28.4 Å². The predicted octanol–water partition coefficient (Wildman–Crippen LogP) is 1.39. The molecule has 1 aliphatic heterocycles. The van der Waals surface area contributed by atoms with Crippen LogP contribution in [0.5, 0.6) is 0 Å². The summed E-state index contributed by atoms with van der Waals surface area (Å²) >= 11 is 0. The van der Waals surface area contributed by atoms with Gasteiger partial charge in [0, 0.05) is 26.2 Å². The Bertz CT molecular complexity index is 1370. The number of piperidine rings is 1. The zero-order chi connectivity index (χ0) is 21.5. The summed E-state index contributed by atoms with van der Waals surface area (Å²) in [6, 6.07) is 4.17. The van der Waals surface area contributed by atoms with Gasteiger partial charge in [0.2, 0.25) is 5.95 Å². The predicted molar refractivity (Wildman–Crippen MR) is 114 cm³/mol. The number of hydrogen-bond acceptors (Lipinski definition) is 8. The summed E-state index contributed by atoms with van der Waals surface area (Å²) in [6.45, 7) is 3.97. The van der Waals surface area contributed by atoms with Crippen molar-refractivity contribution in [3.05, 3.63) is 40.8 Å². The van der Waals surface area contributed by atoms with Crippen LogP contribution in [0.15, 0.2) is 29.6 Å². The average Bonchev–Trinajstić information content (AvgIpc) is 3.31. The number of pyridine rings is 1. The van der Waals surface area contributed by atoms with E-state index in [0.717, 1.165) is 42.8 Å². The number of aromatic nitrogens is 7. The summed E-state index contributed by atoms with van der Waals surface area (Å²) in [5, 5.41) is 16.3. The van der Waals surface area contributed by atoms with Gasteiger partial charge in [-0.3, -0.25) is 14.0 Å². The molecule has 5 heterocycles. The highest BCUT2D eigenvalue weighted by molar-refractivity contribution is 5.73. The van der Waals surface area contributed by atoms with Gasteiger partial charge in [0.25, 0.3) is 0 Å². The van der Waals surface area contributed by atoms with E-state index in [0.29, 0.717) is 23.7 Å². The van der Waals surface area contributed by atoms with Crippen molar-refractivity contribution in [2.24, 2.45) is 7.05 Å². The van der Waals surface area contributed by atoms with Crippen molar-refractivity contribution in [2.75, 3.05) is 25.0 Å². The molecule has 0 unspecified atom stereocenters. The Morgan fingerprint density at radius 1 is 1.29 bits per heavy atom. The monoisotopic (exact) mass is 418 g/mol. The van der Waals surface area contributed by atoms with Crippen molar-refractivity contribution in [1.82, 2.24) is 38.6 Å². The molecule has 0 amide bonds. The second kappa shape index (κ2) is 7.48. The van der Waals surface area contributed by atoms with Crippen LogP contribution in [0.1, 0.15) is 24.4 Å². The lowest BCUT2D eigenvalue weighted by Gasteiger charge is -2.30. The van der Waals surface area contributed by atoms with E-state index in [1.54, 1.807) is 26.9 Å². The van der Waals surface area contributed by atoms with Gasteiger partial charge in [0.05, 0.1) is 30.7 Å². The van der Waals surface area contributed by atoms with Gasteiger partial charge in [-0.25, -0.2) is 19.3 Å². The first-order chi connectivity index (χ1) is 15.0. The Hall–Kier alpha value is -3.78. The molecule has 1 aliphatic rings. The molecule has 5 rings (SSSR count). The number of likely N-dealkylation sites (tertiary alicyclic amines) is 1. The first kappa shape index (κ1) is 19.2. The lowest BCUT2D eigenvalue weighted by molar-refractivity contribution is 0.204. The minimum Gasteiger partial charge on any atom is -0.323 e. The van der Waals surface area contributed by atoms with Gasteiger partial charge in [-0.05, 0) is 31.4 Å². The summed E-state index contributed by atoms with van der Waals surface area (Å²) in [6.07, 6.45) is 6.63. The normalized spacial score (nSPS) is 15.5. The second-order valence-corrected chi connectivity index (χ2v) is 7.84. The number of anilines is 2. The molecule has 4 aromatic heterocycles. The van der Waals surface area contributed by atoms with Gasteiger partial charge in [-0.2, -0.15) is 15.3 Å². The molecule has 0 spiro atoms. The summed E-state index contributed by atoms with van der Waals surface area (Å²) in [5.74, 6) is 0.413. The zero-order valence-electron chi connectivity index (χ0n) is 17.4. The Morgan fingerprint density at radius 2 is 2.10 bits per heavy atom. The van der Waals surface area contributed by atoms with Gasteiger partial charge < -0.3 is 5.32 Å². The molecule has 1 fully saturated rings. The summed E-state index contributed by atoms with van der Waals surface area (Å²) in [5.41, 5.74) is 3.77. The number of rotatable bonds is 4. The quantitative estimate of drug-likeness (QED) is 0.493. The van der Waals surface area contributed by atoms with Crippen LogP contribution in [-0.2, 0) is 7.05 Å². The number of imidazole rings is 1. The highest BCUT2D eigenvalue weighted by Crippen LogP contribution is 2.26. The van der Waals surface area contributed by atoms with Crippen LogP contribution in [-0.4, -0.2) is 58.2 Å². The second-order valence-electron chi connectivity index (χ2n) is 7.84. The maximum atomic E-state index is 13.0. The summed E-state index contributed by atoms with van der Waals surface area (Å²) in [7, 11) is 1.74. The van der Waals surface area contributed by atoms with Crippen molar-refractivity contribution in [3.8, 4) is 6.07 Å². The van der Waals surface area contributed by atoms with Gasteiger partial charge in [0.15, 0.2) is 11.3 Å². The van der Waals surface area contributed by atoms with Gasteiger partial charge >= 0.3 is 5.69 Å². The molecular formula is C20H22N10O. The molecule has 11 nitrogen and oxygen atoms in total. The lowest BCUT2D eigenvalue weighted by atomic mass is 10.1. The number of fused-ring (bicyclic) bond motifs is 2. The Balaban J connectivity index is 1.50. The number of nitrogens with one attached hydrogen (secondary N) is 1. The van der Waals surface area contributed by atoms with E-state index in [2.05, 4.69) is 31.4 Å². The fourth-order valence-electron chi connectivity index (χ4n) is 4.17. The van der Waals surface area contributed by atoms with Crippen LogP contribution in [0.3, 0.4) is 0 Å². The van der Waals surface area contributed by atoms with E-state index < -0.39 is 0 Å². The van der Waals surface area contributed by atoms with Crippen LogP contribution in [0.4, 0.5) is 11.6 Å². The molecular weight excluding hydrogens is 396 g/mol. The molecule has 0 saturated carbocycles. The molecule has 4 aromatic rings. The maximum absolute atomic E-state index is 13.0. The van der Waals surface area contributed by atoms with Crippen molar-refractivity contribution in [2.45, 2.75) is 25.8 Å². The largest absolute Gasteiger partial charge is 0.330 e. The van der Waals surface area contributed by atoms with Crippen molar-refractivity contribution in [1.29, 1.82) is 5.26 Å². The molecule has 0 radical (unpaired) electrons. The minimum atomic E-state index is -0.0969. The summed E-state index contributed by atoms with van der Waals surface area (Å²) < 4.78 is 5.05. The number of nitrogens with zero attached hydrogens (tertiary/aromatic N) is 9. The van der Waals surface area contributed by atoms with E-state index in [4.69, 9.17) is 10.2 Å². The van der Waals surface area contributed by atoms with E-state index in [1.807, 2.05) is 19.2 Å². The SMILES string of the molecule is Cc1cc2ncnn2cc1Nc1ncc2c(n1)n(C1CCN(CC#N)CC1)c(=O)n2C. The third kappa shape index (κ3) is 3.30. The van der Waals surface area contributed by atoms with E-state index in [1.165, 1.54) is 6.33 Å². The van der Waals surface area contributed by atoms with Crippen molar-refractivity contribution in [3.63, 3.8) is 0 Å². The van der Waals surface area contributed by atoms with Gasteiger partial charge in [-0.1, -0.05) is 0 Å². The van der Waals surface area contributed by atoms with E-state index in [9.17, 15) is 4.79 Å². The number of nitriles is 1. The lowest BCUT2D eigenvalue weighted by Crippen LogP contribution is -2.37. The fourth-order valence-corrected chi connectivity index (χ4v) is 4.17. The molecule has 0 aromatic carbocycles. The Kier molecular flexibility index (Phi) is 4.63. The van der Waals surface area contributed by atoms with Crippen LogP contribution in [0.2, 0.25) is 0 Å². The molecule has 0 bridgehead atoms. The molecule has 31 heavy (non-hydrogen) atoms. The molecule has 1 saturated heterocycles. The third-order valence-electron chi connectivity index (χ3n) is 5.92. The molecule has 0 aliphatic carbocycles. The topological polar surface area (TPSA) is 122 Å². The Labute approximate surface area is 177 Å². The van der Waals surface area contributed by atoms with Crippen LogP contribution in [0.25, 0.3) is 16.8 Å². The minimum absolute atomic E-state index is 0.0436.